The van der Waals surface area contributed by atoms with Crippen molar-refractivity contribution in [1.82, 2.24) is 20.8 Å². The van der Waals surface area contributed by atoms with Crippen LogP contribution in [0.4, 0.5) is 0 Å². The van der Waals surface area contributed by atoms with Crippen LogP contribution in [0.5, 0.6) is 0 Å². The summed E-state index contributed by atoms with van der Waals surface area (Å²) in [6, 6.07) is 7.86. The molecule has 0 aliphatic heterocycles. The lowest BCUT2D eigenvalue weighted by Crippen LogP contribution is -2.39. The maximum atomic E-state index is 5.97. The van der Waals surface area contributed by atoms with Crippen LogP contribution in [-0.4, -0.2) is 36.2 Å². The van der Waals surface area contributed by atoms with Gasteiger partial charge in [-0.3, -0.25) is 4.99 Å². The fraction of sp³-hybridized carbons (Fsp3) is 0.400. The van der Waals surface area contributed by atoms with Crippen molar-refractivity contribution in [3.63, 3.8) is 0 Å². The highest BCUT2D eigenvalue weighted by Gasteiger charge is 2.03. The van der Waals surface area contributed by atoms with Gasteiger partial charge in [0, 0.05) is 31.6 Å². The molecule has 2 N–H and O–H groups in total. The Morgan fingerprint density at radius 2 is 2.05 bits per heavy atom. The third kappa shape index (κ3) is 5.37. The molecule has 2 rings (SSSR count). The molecule has 0 amide bonds. The van der Waals surface area contributed by atoms with Crippen molar-refractivity contribution >= 4 is 17.6 Å². The van der Waals surface area contributed by atoms with Crippen LogP contribution in [0.2, 0.25) is 5.02 Å². The standard InChI is InChI=1S/C15H20ClN5O/c1-11-20-14(22-21-11)7-9-19-15(17-2)18-8-6-12-4-3-5-13(16)10-12/h3-5,10H,6-9H2,1-2H3,(H2,17,18,19). The average molecular weight is 322 g/mol. The number of nitrogens with zero attached hydrogens (tertiary/aromatic N) is 3. The summed E-state index contributed by atoms with van der Waals surface area (Å²) >= 11 is 5.97. The number of benzene rings is 1. The number of guanidine groups is 1. The van der Waals surface area contributed by atoms with Crippen LogP contribution in [0.3, 0.4) is 0 Å². The lowest BCUT2D eigenvalue weighted by Gasteiger charge is -2.11. The van der Waals surface area contributed by atoms with Gasteiger partial charge in [-0.2, -0.15) is 4.98 Å². The minimum absolute atomic E-state index is 0.624. The van der Waals surface area contributed by atoms with Gasteiger partial charge in [-0.05, 0) is 31.0 Å². The third-order valence-corrected chi connectivity index (χ3v) is 3.25. The predicted octanol–water partition coefficient (Wildman–Crippen LogP) is 1.98. The summed E-state index contributed by atoms with van der Waals surface area (Å²) in [5.41, 5.74) is 1.19. The second-order valence-electron chi connectivity index (χ2n) is 4.79. The molecule has 1 aromatic heterocycles. The summed E-state index contributed by atoms with van der Waals surface area (Å²) in [7, 11) is 1.74. The zero-order chi connectivity index (χ0) is 15.8. The van der Waals surface area contributed by atoms with Gasteiger partial charge in [-0.25, -0.2) is 0 Å². The number of aryl methyl sites for hydroxylation is 1. The van der Waals surface area contributed by atoms with Gasteiger partial charge in [0.25, 0.3) is 0 Å². The molecular weight excluding hydrogens is 302 g/mol. The summed E-state index contributed by atoms with van der Waals surface area (Å²) in [6.45, 7) is 3.26. The van der Waals surface area contributed by atoms with Crippen LogP contribution < -0.4 is 10.6 Å². The van der Waals surface area contributed by atoms with Gasteiger partial charge in [-0.1, -0.05) is 28.9 Å². The van der Waals surface area contributed by atoms with E-state index in [2.05, 4.69) is 31.8 Å². The number of halogens is 1. The van der Waals surface area contributed by atoms with Crippen molar-refractivity contribution in [1.29, 1.82) is 0 Å². The van der Waals surface area contributed by atoms with Gasteiger partial charge in [0.05, 0.1) is 0 Å². The Hall–Kier alpha value is -2.08. The molecule has 0 radical (unpaired) electrons. The lowest BCUT2D eigenvalue weighted by atomic mass is 10.1. The average Bonchev–Trinajstić information content (AvgIpc) is 2.91. The quantitative estimate of drug-likeness (QED) is 0.628. The molecule has 2 aromatic rings. The Morgan fingerprint density at radius 3 is 2.68 bits per heavy atom. The molecule has 0 saturated carbocycles. The number of aliphatic imine (C=N–C) groups is 1. The summed E-state index contributed by atoms with van der Waals surface area (Å²) in [5.74, 6) is 2.02. The molecule has 1 aromatic carbocycles. The number of aromatic nitrogens is 2. The van der Waals surface area contributed by atoms with Gasteiger partial charge < -0.3 is 15.2 Å². The summed E-state index contributed by atoms with van der Waals surface area (Å²) in [6.07, 6.45) is 1.54. The van der Waals surface area contributed by atoms with Gasteiger partial charge in [0.1, 0.15) is 0 Å². The second kappa shape index (κ2) is 8.38. The molecule has 6 nitrogen and oxygen atoms in total. The first-order valence-electron chi connectivity index (χ1n) is 7.15. The van der Waals surface area contributed by atoms with Crippen molar-refractivity contribution in [2.75, 3.05) is 20.1 Å². The smallest absolute Gasteiger partial charge is 0.228 e. The molecule has 0 spiro atoms. The van der Waals surface area contributed by atoms with Crippen LogP contribution in [0, 0.1) is 6.92 Å². The fourth-order valence-electron chi connectivity index (χ4n) is 1.97. The highest BCUT2D eigenvalue weighted by molar-refractivity contribution is 6.30. The molecule has 0 aliphatic rings. The molecule has 22 heavy (non-hydrogen) atoms. The van der Waals surface area contributed by atoms with E-state index in [0.717, 1.165) is 23.9 Å². The van der Waals surface area contributed by atoms with Crippen molar-refractivity contribution in [3.8, 4) is 0 Å². The number of rotatable bonds is 6. The van der Waals surface area contributed by atoms with Gasteiger partial charge >= 0.3 is 0 Å². The first-order chi connectivity index (χ1) is 10.7. The molecule has 0 aliphatic carbocycles. The van der Waals surface area contributed by atoms with Crippen LogP contribution >= 0.6 is 11.6 Å². The monoisotopic (exact) mass is 321 g/mol. The normalized spacial score (nSPS) is 11.5. The fourth-order valence-corrected chi connectivity index (χ4v) is 2.18. The first kappa shape index (κ1) is 16.3. The van der Waals surface area contributed by atoms with Gasteiger partial charge in [0.2, 0.25) is 5.89 Å². The third-order valence-electron chi connectivity index (χ3n) is 3.02. The van der Waals surface area contributed by atoms with E-state index >= 15 is 0 Å². The molecule has 118 valence electrons. The van der Waals surface area contributed by atoms with Crippen molar-refractivity contribution in [2.45, 2.75) is 19.8 Å². The van der Waals surface area contributed by atoms with E-state index in [1.807, 2.05) is 18.2 Å². The molecule has 0 atom stereocenters. The Kier molecular flexibility index (Phi) is 6.21. The number of hydrogen-bond donors (Lipinski definition) is 2. The predicted molar refractivity (Wildman–Crippen MR) is 87.3 cm³/mol. The van der Waals surface area contributed by atoms with E-state index in [-0.39, 0.29) is 0 Å². The maximum absolute atomic E-state index is 5.97. The van der Waals surface area contributed by atoms with Crippen molar-refractivity contribution in [2.24, 2.45) is 4.99 Å². The summed E-state index contributed by atoms with van der Waals surface area (Å²) in [5, 5.41) is 11.0. The molecule has 0 unspecified atom stereocenters. The van der Waals surface area contributed by atoms with Crippen LogP contribution in [0.1, 0.15) is 17.3 Å². The largest absolute Gasteiger partial charge is 0.356 e. The first-order valence-corrected chi connectivity index (χ1v) is 7.53. The van der Waals surface area contributed by atoms with E-state index in [1.165, 1.54) is 5.56 Å². The van der Waals surface area contributed by atoms with Crippen LogP contribution in [0.25, 0.3) is 0 Å². The SMILES string of the molecule is CN=C(NCCc1cccc(Cl)c1)NCCc1nc(C)no1. The van der Waals surface area contributed by atoms with Gasteiger partial charge in [-0.15, -0.1) is 0 Å². The zero-order valence-electron chi connectivity index (χ0n) is 12.8. The maximum Gasteiger partial charge on any atom is 0.228 e. The molecule has 7 heteroatoms. The molecule has 0 bridgehead atoms. The topological polar surface area (TPSA) is 75.3 Å². The van der Waals surface area contributed by atoms with E-state index in [0.29, 0.717) is 24.7 Å². The second-order valence-corrected chi connectivity index (χ2v) is 5.23. The Labute approximate surface area is 135 Å². The minimum Gasteiger partial charge on any atom is -0.356 e. The van der Waals surface area contributed by atoms with Gasteiger partial charge in [0.15, 0.2) is 11.8 Å². The summed E-state index contributed by atoms with van der Waals surface area (Å²) < 4.78 is 5.06. The van der Waals surface area contributed by atoms with Crippen LogP contribution in [-0.2, 0) is 12.8 Å². The summed E-state index contributed by atoms with van der Waals surface area (Å²) in [4.78, 5) is 8.33. The Morgan fingerprint density at radius 1 is 1.27 bits per heavy atom. The van der Waals surface area contributed by atoms with Crippen molar-refractivity contribution in [3.05, 3.63) is 46.6 Å². The van der Waals surface area contributed by atoms with E-state index < -0.39 is 0 Å². The molecule has 0 saturated heterocycles. The van der Waals surface area contributed by atoms with E-state index in [1.54, 1.807) is 14.0 Å². The number of hydrogen-bond acceptors (Lipinski definition) is 4. The minimum atomic E-state index is 0.624. The van der Waals surface area contributed by atoms with Crippen molar-refractivity contribution < 1.29 is 4.52 Å². The zero-order valence-corrected chi connectivity index (χ0v) is 13.5. The van der Waals surface area contributed by atoms with E-state index in [9.17, 15) is 0 Å². The number of nitrogens with one attached hydrogen (secondary N) is 2. The molecule has 1 heterocycles. The van der Waals surface area contributed by atoms with Crippen LogP contribution in [0.15, 0.2) is 33.8 Å². The Bertz CT molecular complexity index is 626. The highest BCUT2D eigenvalue weighted by atomic mass is 35.5. The Balaban J connectivity index is 1.69. The lowest BCUT2D eigenvalue weighted by molar-refractivity contribution is 0.374. The molecular formula is C15H20ClN5O. The van der Waals surface area contributed by atoms with E-state index in [4.69, 9.17) is 16.1 Å². The highest BCUT2D eigenvalue weighted by Crippen LogP contribution is 2.10. The molecule has 0 fully saturated rings.